The van der Waals surface area contributed by atoms with Crippen molar-refractivity contribution < 1.29 is 38.1 Å². The van der Waals surface area contributed by atoms with E-state index in [0.717, 1.165) is 36.1 Å². The number of nitrogens with one attached hydrogen (secondary N) is 1. The summed E-state index contributed by atoms with van der Waals surface area (Å²) in [6.07, 6.45) is 5.35. The van der Waals surface area contributed by atoms with E-state index in [9.17, 15) is 14.4 Å². The molecule has 0 spiro atoms. The molecule has 0 bridgehead atoms. The van der Waals surface area contributed by atoms with Crippen LogP contribution in [0.5, 0.6) is 11.5 Å². The van der Waals surface area contributed by atoms with Crippen molar-refractivity contribution >= 4 is 17.9 Å². The maximum absolute atomic E-state index is 12.8. The number of ether oxygens (including phenoxy) is 5. The molecule has 5 rings (SSSR count). The zero-order valence-corrected chi connectivity index (χ0v) is 24.5. The predicted molar refractivity (Wildman–Crippen MR) is 150 cm³/mol. The second kappa shape index (κ2) is 11.5. The molecule has 0 radical (unpaired) electrons. The van der Waals surface area contributed by atoms with Crippen molar-refractivity contribution in [2.75, 3.05) is 20.0 Å². The number of esters is 3. The third-order valence-electron chi connectivity index (χ3n) is 9.80. The summed E-state index contributed by atoms with van der Waals surface area (Å²) in [6.45, 7) is 12.9. The van der Waals surface area contributed by atoms with Crippen LogP contribution in [0.25, 0.3) is 0 Å². The van der Waals surface area contributed by atoms with Gasteiger partial charge in [-0.1, -0.05) is 32.1 Å². The van der Waals surface area contributed by atoms with E-state index in [1.165, 1.54) is 13.8 Å². The number of cyclic esters (lactones) is 1. The van der Waals surface area contributed by atoms with E-state index in [4.69, 9.17) is 23.7 Å². The highest BCUT2D eigenvalue weighted by atomic mass is 16.7. The third-order valence-corrected chi connectivity index (χ3v) is 9.80. The fourth-order valence-electron chi connectivity index (χ4n) is 7.76. The Morgan fingerprint density at radius 3 is 2.61 bits per heavy atom. The van der Waals surface area contributed by atoms with Crippen molar-refractivity contribution in [3.05, 3.63) is 47.6 Å². The van der Waals surface area contributed by atoms with Gasteiger partial charge in [-0.2, -0.15) is 0 Å². The second-order valence-corrected chi connectivity index (χ2v) is 12.3. The minimum atomic E-state index is -0.551. The van der Waals surface area contributed by atoms with Crippen molar-refractivity contribution in [2.45, 2.75) is 78.5 Å². The Bertz CT molecular complexity index is 1260. The van der Waals surface area contributed by atoms with Crippen LogP contribution in [0.1, 0.15) is 65.4 Å². The molecule has 2 aliphatic carbocycles. The molecular weight excluding hydrogens is 526 g/mol. The maximum atomic E-state index is 12.8. The standard InChI is InChI=1S/C32H41NO8/c1-19-6-9-28-31(4,12-10-29(41-21(3)35)32(28,5)17-38-20(2)34)24(19)15-25(23-11-13-37-30(23)36)33-16-22-7-8-26-27(14-22)40-18-39-26/h7-8,11,14,24-25,28-29,33H,1,6,9-10,12-13,15-18H2,2-5H3/t24-,25+,28+,29-,31+,32+/m1/s1. The zero-order chi connectivity index (χ0) is 29.4. The first-order valence-corrected chi connectivity index (χ1v) is 14.5. The number of carbonyl (C=O) groups is 3. The smallest absolute Gasteiger partial charge is 0.335 e. The molecule has 0 amide bonds. The van der Waals surface area contributed by atoms with E-state index in [0.29, 0.717) is 30.7 Å². The van der Waals surface area contributed by atoms with Crippen LogP contribution in [-0.2, 0) is 35.1 Å². The molecule has 0 saturated heterocycles. The Hall–Kier alpha value is -3.33. The van der Waals surface area contributed by atoms with Gasteiger partial charge in [0.05, 0.1) is 5.57 Å². The molecule has 2 saturated carbocycles. The highest BCUT2D eigenvalue weighted by molar-refractivity contribution is 5.91. The van der Waals surface area contributed by atoms with Gasteiger partial charge in [0.1, 0.15) is 19.3 Å². The molecule has 2 heterocycles. The summed E-state index contributed by atoms with van der Waals surface area (Å²) in [5, 5.41) is 3.63. The van der Waals surface area contributed by atoms with Crippen LogP contribution in [0.15, 0.2) is 42.0 Å². The van der Waals surface area contributed by atoms with E-state index in [1.807, 2.05) is 24.3 Å². The Morgan fingerprint density at radius 2 is 1.90 bits per heavy atom. The lowest BCUT2D eigenvalue weighted by atomic mass is 9.46. The molecule has 9 nitrogen and oxygen atoms in total. The van der Waals surface area contributed by atoms with Gasteiger partial charge in [-0.15, -0.1) is 0 Å². The Labute approximate surface area is 241 Å². The summed E-state index contributed by atoms with van der Waals surface area (Å²) in [7, 11) is 0. The van der Waals surface area contributed by atoms with Crippen LogP contribution in [0, 0.1) is 22.7 Å². The van der Waals surface area contributed by atoms with Crippen LogP contribution >= 0.6 is 0 Å². The number of carbonyl (C=O) groups excluding carboxylic acids is 3. The first kappa shape index (κ1) is 29.2. The second-order valence-electron chi connectivity index (χ2n) is 12.3. The predicted octanol–water partition coefficient (Wildman–Crippen LogP) is 4.63. The molecule has 1 aromatic rings. The van der Waals surface area contributed by atoms with Gasteiger partial charge in [-0.3, -0.25) is 9.59 Å². The highest BCUT2D eigenvalue weighted by Crippen LogP contribution is 2.62. The van der Waals surface area contributed by atoms with Gasteiger partial charge in [0.15, 0.2) is 11.5 Å². The fraction of sp³-hybridized carbons (Fsp3) is 0.594. The molecule has 4 aliphatic rings. The van der Waals surface area contributed by atoms with Crippen LogP contribution in [0.2, 0.25) is 0 Å². The van der Waals surface area contributed by atoms with E-state index in [2.05, 4.69) is 25.7 Å². The van der Waals surface area contributed by atoms with Crippen LogP contribution in [0.3, 0.4) is 0 Å². The molecular formula is C32H41NO8. The first-order valence-electron chi connectivity index (χ1n) is 14.5. The molecule has 9 heteroatoms. The lowest BCUT2D eigenvalue weighted by Gasteiger charge is -2.60. The molecule has 0 unspecified atom stereocenters. The van der Waals surface area contributed by atoms with E-state index >= 15 is 0 Å². The summed E-state index contributed by atoms with van der Waals surface area (Å²) in [6, 6.07) is 5.60. The molecule has 0 aromatic heterocycles. The van der Waals surface area contributed by atoms with Crippen molar-refractivity contribution in [2.24, 2.45) is 22.7 Å². The van der Waals surface area contributed by atoms with Gasteiger partial charge in [0.25, 0.3) is 0 Å². The first-order chi connectivity index (χ1) is 19.5. The average Bonchev–Trinajstić information content (AvgIpc) is 3.57. The van der Waals surface area contributed by atoms with Gasteiger partial charge in [-0.25, -0.2) is 4.79 Å². The van der Waals surface area contributed by atoms with Gasteiger partial charge in [0, 0.05) is 31.8 Å². The Morgan fingerprint density at radius 1 is 1.12 bits per heavy atom. The lowest BCUT2D eigenvalue weighted by molar-refractivity contribution is -0.191. The quantitative estimate of drug-likeness (QED) is 0.259. The number of hydrogen-bond donors (Lipinski definition) is 1. The fourth-order valence-corrected chi connectivity index (χ4v) is 7.76. The van der Waals surface area contributed by atoms with Crippen molar-refractivity contribution in [1.82, 2.24) is 5.32 Å². The molecule has 1 N–H and O–H groups in total. The molecule has 1 aromatic carbocycles. The van der Waals surface area contributed by atoms with Crippen LogP contribution in [0.4, 0.5) is 0 Å². The van der Waals surface area contributed by atoms with Gasteiger partial charge >= 0.3 is 17.9 Å². The average molecular weight is 568 g/mol. The highest BCUT2D eigenvalue weighted by Gasteiger charge is 2.60. The molecule has 222 valence electrons. The number of hydrogen-bond acceptors (Lipinski definition) is 9. The van der Waals surface area contributed by atoms with Crippen molar-refractivity contribution in [3.63, 3.8) is 0 Å². The summed E-state index contributed by atoms with van der Waals surface area (Å²) in [4.78, 5) is 36.7. The number of allylic oxidation sites excluding steroid dienone is 1. The zero-order valence-electron chi connectivity index (χ0n) is 24.5. The summed E-state index contributed by atoms with van der Waals surface area (Å²) in [5.41, 5.74) is 2.06. The summed E-state index contributed by atoms with van der Waals surface area (Å²) in [5.74, 6) is 0.662. The normalized spacial score (nSPS) is 31.1. The molecule has 2 aliphatic heterocycles. The Balaban J connectivity index is 1.41. The van der Waals surface area contributed by atoms with Crippen molar-refractivity contribution in [1.29, 1.82) is 0 Å². The van der Waals surface area contributed by atoms with E-state index in [-0.39, 0.29) is 67.3 Å². The largest absolute Gasteiger partial charge is 0.465 e. The van der Waals surface area contributed by atoms with Gasteiger partial charge < -0.3 is 29.0 Å². The number of rotatable bonds is 9. The minimum Gasteiger partial charge on any atom is -0.465 e. The maximum Gasteiger partial charge on any atom is 0.335 e. The molecule has 6 atom stereocenters. The van der Waals surface area contributed by atoms with Crippen molar-refractivity contribution in [3.8, 4) is 11.5 Å². The number of benzene rings is 1. The van der Waals surface area contributed by atoms with Gasteiger partial charge in [-0.05, 0) is 73.1 Å². The van der Waals surface area contributed by atoms with Crippen LogP contribution in [-0.4, -0.2) is 50.1 Å². The SMILES string of the molecule is C=C1CC[C@@H]2[C@](C)(COC(C)=O)[C@H](OC(C)=O)CC[C@@]2(C)[C@@H]1C[C@H](NCc1ccc2c(c1)OCO2)C1=CCOC1=O. The van der Waals surface area contributed by atoms with Crippen LogP contribution < -0.4 is 14.8 Å². The van der Waals surface area contributed by atoms with E-state index < -0.39 is 5.41 Å². The number of fused-ring (bicyclic) bond motifs is 2. The monoisotopic (exact) mass is 567 g/mol. The molecule has 2 fully saturated rings. The Kier molecular flexibility index (Phi) is 8.19. The summed E-state index contributed by atoms with van der Waals surface area (Å²) >= 11 is 0. The summed E-state index contributed by atoms with van der Waals surface area (Å²) < 4.78 is 27.7. The third kappa shape index (κ3) is 5.73. The topological polar surface area (TPSA) is 109 Å². The minimum absolute atomic E-state index is 0.0831. The van der Waals surface area contributed by atoms with Gasteiger partial charge in [0.2, 0.25) is 6.79 Å². The molecule has 41 heavy (non-hydrogen) atoms. The van der Waals surface area contributed by atoms with E-state index in [1.54, 1.807) is 0 Å². The lowest BCUT2D eigenvalue weighted by Crippen LogP contribution is -2.59.